The van der Waals surface area contributed by atoms with Gasteiger partial charge in [-0.05, 0) is 17.2 Å². The van der Waals surface area contributed by atoms with Gasteiger partial charge in [0.15, 0.2) is 5.82 Å². The van der Waals surface area contributed by atoms with E-state index in [0.717, 1.165) is 16.7 Å². The lowest BCUT2D eigenvalue weighted by Crippen LogP contribution is -1.88. The lowest BCUT2D eigenvalue weighted by molar-refractivity contribution is 1.06. The van der Waals surface area contributed by atoms with Crippen molar-refractivity contribution in [1.82, 2.24) is 19.9 Å². The number of pyridine rings is 1. The smallest absolute Gasteiger partial charge is 0.162 e. The zero-order chi connectivity index (χ0) is 12.2. The molecule has 0 atom stereocenters. The highest BCUT2D eigenvalue weighted by Crippen LogP contribution is 2.21. The average Bonchev–Trinajstić information content (AvgIpc) is 2.49. The van der Waals surface area contributed by atoms with Gasteiger partial charge in [0.1, 0.15) is 12.7 Å². The number of hydrogen-bond donors (Lipinski definition) is 0. The highest BCUT2D eigenvalue weighted by atomic mass is 15.0. The standard InChI is InChI=1S/C14H10N4/c1-2-13(8-15-7-1)11-3-5-12(6-4-11)14-17-9-16-10-18-14/h1-10H. The third kappa shape index (κ3) is 2.08. The van der Waals surface area contributed by atoms with Crippen LogP contribution in [-0.4, -0.2) is 19.9 Å². The van der Waals surface area contributed by atoms with Gasteiger partial charge in [-0.15, -0.1) is 0 Å². The van der Waals surface area contributed by atoms with Crippen molar-refractivity contribution in [2.45, 2.75) is 0 Å². The van der Waals surface area contributed by atoms with Crippen molar-refractivity contribution in [1.29, 1.82) is 0 Å². The first-order valence-electron chi connectivity index (χ1n) is 5.56. The summed E-state index contributed by atoms with van der Waals surface area (Å²) in [5, 5.41) is 0. The van der Waals surface area contributed by atoms with Crippen LogP contribution in [0.15, 0.2) is 61.4 Å². The molecule has 0 fully saturated rings. The van der Waals surface area contributed by atoms with E-state index in [-0.39, 0.29) is 0 Å². The van der Waals surface area contributed by atoms with Crippen LogP contribution in [0.4, 0.5) is 0 Å². The molecule has 4 nitrogen and oxygen atoms in total. The van der Waals surface area contributed by atoms with Gasteiger partial charge in [0.2, 0.25) is 0 Å². The molecule has 2 heterocycles. The molecule has 3 aromatic rings. The second-order valence-corrected chi connectivity index (χ2v) is 3.78. The summed E-state index contributed by atoms with van der Waals surface area (Å²) in [6, 6.07) is 12.0. The first kappa shape index (κ1) is 10.5. The molecule has 0 amide bonds. The van der Waals surface area contributed by atoms with Gasteiger partial charge in [0, 0.05) is 18.0 Å². The Morgan fingerprint density at radius 1 is 0.667 bits per heavy atom. The fraction of sp³-hybridized carbons (Fsp3) is 0. The van der Waals surface area contributed by atoms with Crippen molar-refractivity contribution in [3.8, 4) is 22.5 Å². The van der Waals surface area contributed by atoms with Crippen molar-refractivity contribution in [3.05, 3.63) is 61.4 Å². The minimum Gasteiger partial charge on any atom is -0.264 e. The molecule has 0 saturated heterocycles. The van der Waals surface area contributed by atoms with Crippen LogP contribution in [0, 0.1) is 0 Å². The lowest BCUT2D eigenvalue weighted by Gasteiger charge is -2.02. The van der Waals surface area contributed by atoms with Crippen LogP contribution < -0.4 is 0 Å². The molecule has 0 bridgehead atoms. The quantitative estimate of drug-likeness (QED) is 0.684. The molecule has 0 saturated carbocycles. The predicted molar refractivity (Wildman–Crippen MR) is 68.5 cm³/mol. The van der Waals surface area contributed by atoms with Crippen molar-refractivity contribution >= 4 is 0 Å². The molecule has 86 valence electrons. The van der Waals surface area contributed by atoms with Gasteiger partial charge in [-0.2, -0.15) is 0 Å². The normalized spacial score (nSPS) is 10.2. The fourth-order valence-electron chi connectivity index (χ4n) is 1.73. The SMILES string of the molecule is c1cncc(-c2ccc(-c3ncncn3)cc2)c1. The van der Waals surface area contributed by atoms with E-state index in [1.54, 1.807) is 6.20 Å². The zero-order valence-electron chi connectivity index (χ0n) is 9.56. The van der Waals surface area contributed by atoms with E-state index in [1.165, 1.54) is 12.7 Å². The Labute approximate surface area is 104 Å². The summed E-state index contributed by atoms with van der Waals surface area (Å²) in [5.74, 6) is 0.683. The Morgan fingerprint density at radius 3 is 2.06 bits per heavy atom. The first-order valence-corrected chi connectivity index (χ1v) is 5.56. The van der Waals surface area contributed by atoms with Gasteiger partial charge >= 0.3 is 0 Å². The van der Waals surface area contributed by atoms with Crippen LogP contribution in [0.3, 0.4) is 0 Å². The molecular formula is C14H10N4. The minimum atomic E-state index is 0.683. The Morgan fingerprint density at radius 2 is 1.39 bits per heavy atom. The van der Waals surface area contributed by atoms with Crippen LogP contribution in [0.1, 0.15) is 0 Å². The van der Waals surface area contributed by atoms with Crippen LogP contribution in [0.5, 0.6) is 0 Å². The topological polar surface area (TPSA) is 51.6 Å². The molecule has 1 aromatic carbocycles. The highest BCUT2D eigenvalue weighted by molar-refractivity contribution is 5.66. The second kappa shape index (κ2) is 4.71. The van der Waals surface area contributed by atoms with Gasteiger partial charge in [-0.3, -0.25) is 4.98 Å². The summed E-state index contributed by atoms with van der Waals surface area (Å²) >= 11 is 0. The third-order valence-corrected chi connectivity index (χ3v) is 2.63. The maximum absolute atomic E-state index is 4.12. The Hall–Kier alpha value is -2.62. The maximum Gasteiger partial charge on any atom is 0.162 e. The molecule has 0 N–H and O–H groups in total. The summed E-state index contributed by atoms with van der Waals surface area (Å²) in [6.45, 7) is 0. The molecular weight excluding hydrogens is 224 g/mol. The molecule has 18 heavy (non-hydrogen) atoms. The summed E-state index contributed by atoms with van der Waals surface area (Å²) in [5.41, 5.74) is 3.20. The number of rotatable bonds is 2. The third-order valence-electron chi connectivity index (χ3n) is 2.63. The maximum atomic E-state index is 4.12. The van der Waals surface area contributed by atoms with Crippen molar-refractivity contribution < 1.29 is 0 Å². The Kier molecular flexibility index (Phi) is 2.75. The molecule has 0 spiro atoms. The minimum absolute atomic E-state index is 0.683. The highest BCUT2D eigenvalue weighted by Gasteiger charge is 2.01. The summed E-state index contributed by atoms with van der Waals surface area (Å²) in [6.07, 6.45) is 6.61. The molecule has 0 aliphatic rings. The number of aromatic nitrogens is 4. The van der Waals surface area contributed by atoms with E-state index in [4.69, 9.17) is 0 Å². The molecule has 0 aliphatic heterocycles. The van der Waals surface area contributed by atoms with Crippen LogP contribution >= 0.6 is 0 Å². The zero-order valence-corrected chi connectivity index (χ0v) is 9.56. The van der Waals surface area contributed by atoms with Crippen molar-refractivity contribution in [2.24, 2.45) is 0 Å². The Bertz CT molecular complexity index is 562. The van der Waals surface area contributed by atoms with E-state index >= 15 is 0 Å². The van der Waals surface area contributed by atoms with E-state index in [2.05, 4.69) is 19.9 Å². The monoisotopic (exact) mass is 234 g/mol. The van der Waals surface area contributed by atoms with Crippen LogP contribution in [0.25, 0.3) is 22.5 Å². The molecule has 3 rings (SSSR count). The van der Waals surface area contributed by atoms with Crippen LogP contribution in [-0.2, 0) is 0 Å². The predicted octanol–water partition coefficient (Wildman–Crippen LogP) is 2.60. The molecule has 0 unspecified atom stereocenters. The number of nitrogens with zero attached hydrogens (tertiary/aromatic N) is 4. The van der Waals surface area contributed by atoms with E-state index in [9.17, 15) is 0 Å². The first-order chi connectivity index (χ1) is 8.93. The second-order valence-electron chi connectivity index (χ2n) is 3.78. The van der Waals surface area contributed by atoms with Gasteiger partial charge < -0.3 is 0 Å². The van der Waals surface area contributed by atoms with Crippen molar-refractivity contribution in [3.63, 3.8) is 0 Å². The summed E-state index contributed by atoms with van der Waals surface area (Å²) < 4.78 is 0. The molecule has 0 aliphatic carbocycles. The van der Waals surface area contributed by atoms with E-state index < -0.39 is 0 Å². The average molecular weight is 234 g/mol. The van der Waals surface area contributed by atoms with Gasteiger partial charge in [-0.25, -0.2) is 15.0 Å². The fourth-order valence-corrected chi connectivity index (χ4v) is 1.73. The summed E-state index contributed by atoms with van der Waals surface area (Å²) in [7, 11) is 0. The summed E-state index contributed by atoms with van der Waals surface area (Å²) in [4.78, 5) is 16.1. The molecule has 0 radical (unpaired) electrons. The van der Waals surface area contributed by atoms with Crippen molar-refractivity contribution in [2.75, 3.05) is 0 Å². The largest absolute Gasteiger partial charge is 0.264 e. The molecule has 2 aromatic heterocycles. The lowest BCUT2D eigenvalue weighted by atomic mass is 10.1. The number of benzene rings is 1. The van der Waals surface area contributed by atoms with Gasteiger partial charge in [-0.1, -0.05) is 30.3 Å². The number of hydrogen-bond acceptors (Lipinski definition) is 4. The van der Waals surface area contributed by atoms with Gasteiger partial charge in [0.05, 0.1) is 0 Å². The Balaban J connectivity index is 1.95. The van der Waals surface area contributed by atoms with Crippen LogP contribution in [0.2, 0.25) is 0 Å². The van der Waals surface area contributed by atoms with Gasteiger partial charge in [0.25, 0.3) is 0 Å². The van der Waals surface area contributed by atoms with E-state index in [0.29, 0.717) is 5.82 Å². The molecule has 4 heteroatoms. The van der Waals surface area contributed by atoms with E-state index in [1.807, 2.05) is 42.6 Å².